The molecule has 1 N–H and O–H groups in total. The Hall–Kier alpha value is -3.54. The molecule has 1 atom stereocenters. The van der Waals surface area contributed by atoms with Crippen LogP contribution in [0.2, 0.25) is 0 Å². The fourth-order valence-corrected chi connectivity index (χ4v) is 5.54. The lowest BCUT2D eigenvalue weighted by Gasteiger charge is -2.31. The summed E-state index contributed by atoms with van der Waals surface area (Å²) in [4.78, 5) is 12.4. The van der Waals surface area contributed by atoms with E-state index in [9.17, 15) is 10.1 Å². The summed E-state index contributed by atoms with van der Waals surface area (Å²) in [5.41, 5.74) is 4.14. The number of aromatic nitrogens is 1. The SMILES string of the molecule is CC(OC(=O)Nc1ccc(-c2c(C#N)c3ccc(OC4COCOC4)cc3n2C2CCC2)cc1)C1CCC1. The van der Waals surface area contributed by atoms with Gasteiger partial charge in [-0.15, -0.1) is 0 Å². The molecule has 1 saturated heterocycles. The van der Waals surface area contributed by atoms with Crippen LogP contribution in [0.4, 0.5) is 10.5 Å². The number of benzene rings is 2. The van der Waals surface area contributed by atoms with Crippen LogP contribution in [-0.2, 0) is 14.2 Å². The molecule has 0 bridgehead atoms. The Labute approximate surface area is 222 Å². The van der Waals surface area contributed by atoms with Crippen molar-refractivity contribution in [2.45, 2.75) is 63.7 Å². The Morgan fingerprint density at radius 2 is 1.82 bits per heavy atom. The van der Waals surface area contributed by atoms with Gasteiger partial charge in [-0.1, -0.05) is 18.6 Å². The normalized spacial score (nSPS) is 19.3. The smallest absolute Gasteiger partial charge is 0.411 e. The molecule has 8 nitrogen and oxygen atoms in total. The number of hydrogen-bond donors (Lipinski definition) is 1. The first-order chi connectivity index (χ1) is 18.6. The highest BCUT2D eigenvalue weighted by Gasteiger charge is 2.29. The maximum Gasteiger partial charge on any atom is 0.411 e. The summed E-state index contributed by atoms with van der Waals surface area (Å²) in [6, 6.07) is 16.4. The second kappa shape index (κ2) is 10.7. The first kappa shape index (κ1) is 24.8. The molecule has 0 radical (unpaired) electrons. The number of nitrogens with one attached hydrogen (secondary N) is 1. The van der Waals surface area contributed by atoms with Crippen molar-refractivity contribution in [3.05, 3.63) is 48.0 Å². The Morgan fingerprint density at radius 3 is 2.45 bits per heavy atom. The summed E-state index contributed by atoms with van der Waals surface area (Å²) in [5, 5.41) is 14.0. The first-order valence-electron chi connectivity index (χ1n) is 13.6. The van der Waals surface area contributed by atoms with Gasteiger partial charge in [-0.2, -0.15) is 5.26 Å². The van der Waals surface area contributed by atoms with Crippen LogP contribution in [0.1, 0.15) is 57.1 Å². The summed E-state index contributed by atoms with van der Waals surface area (Å²) in [6.45, 7) is 3.24. The number of fused-ring (bicyclic) bond motifs is 1. The number of rotatable bonds is 7. The van der Waals surface area contributed by atoms with Gasteiger partial charge in [0.15, 0.2) is 0 Å². The molecular formula is C30H33N3O5. The van der Waals surface area contributed by atoms with Gasteiger partial charge in [0.05, 0.1) is 30.0 Å². The van der Waals surface area contributed by atoms with Crippen molar-refractivity contribution in [2.75, 3.05) is 25.3 Å². The average molecular weight is 516 g/mol. The van der Waals surface area contributed by atoms with E-state index in [2.05, 4.69) is 16.0 Å². The van der Waals surface area contributed by atoms with Crippen LogP contribution < -0.4 is 10.1 Å². The second-order valence-corrected chi connectivity index (χ2v) is 10.6. The third kappa shape index (κ3) is 4.84. The fourth-order valence-electron chi connectivity index (χ4n) is 5.54. The highest BCUT2D eigenvalue weighted by Crippen LogP contribution is 2.43. The van der Waals surface area contributed by atoms with E-state index in [1.54, 1.807) is 0 Å². The van der Waals surface area contributed by atoms with Crippen LogP contribution in [0.25, 0.3) is 22.2 Å². The molecule has 2 saturated carbocycles. The lowest BCUT2D eigenvalue weighted by molar-refractivity contribution is -0.143. The molecule has 8 heteroatoms. The molecule has 3 fully saturated rings. The molecule has 0 spiro atoms. The largest absolute Gasteiger partial charge is 0.486 e. The zero-order valence-corrected chi connectivity index (χ0v) is 21.7. The lowest BCUT2D eigenvalue weighted by Crippen LogP contribution is -2.33. The van der Waals surface area contributed by atoms with Gasteiger partial charge >= 0.3 is 6.09 Å². The van der Waals surface area contributed by atoms with Gasteiger partial charge < -0.3 is 23.5 Å². The molecule has 1 aliphatic heterocycles. The first-order valence-corrected chi connectivity index (χ1v) is 13.6. The third-order valence-electron chi connectivity index (χ3n) is 8.12. The number of hydrogen-bond acceptors (Lipinski definition) is 6. The van der Waals surface area contributed by atoms with Gasteiger partial charge in [0.25, 0.3) is 0 Å². The predicted molar refractivity (Wildman–Crippen MR) is 143 cm³/mol. The number of amides is 1. The van der Waals surface area contributed by atoms with Crippen LogP contribution >= 0.6 is 0 Å². The van der Waals surface area contributed by atoms with Gasteiger partial charge in [-0.05, 0) is 74.8 Å². The number of carbonyl (C=O) groups excluding carboxylic acids is 1. The van der Waals surface area contributed by atoms with Crippen LogP contribution in [0, 0.1) is 17.2 Å². The topological polar surface area (TPSA) is 94.7 Å². The minimum Gasteiger partial charge on any atom is -0.486 e. The molecular weight excluding hydrogens is 482 g/mol. The van der Waals surface area contributed by atoms with Crippen molar-refractivity contribution >= 4 is 22.7 Å². The van der Waals surface area contributed by atoms with Crippen LogP contribution in [0.15, 0.2) is 42.5 Å². The van der Waals surface area contributed by atoms with Crippen molar-refractivity contribution in [2.24, 2.45) is 5.92 Å². The van der Waals surface area contributed by atoms with E-state index in [0.29, 0.717) is 43.2 Å². The minimum atomic E-state index is -0.431. The molecule has 198 valence electrons. The molecule has 2 aliphatic carbocycles. The number of anilines is 1. The average Bonchev–Trinajstić information content (AvgIpc) is 3.16. The van der Waals surface area contributed by atoms with Crippen molar-refractivity contribution in [1.82, 2.24) is 4.57 Å². The molecule has 1 unspecified atom stereocenters. The summed E-state index contributed by atoms with van der Waals surface area (Å²) < 4.78 is 24.7. The Bertz CT molecular complexity index is 1340. The minimum absolute atomic E-state index is 0.0774. The van der Waals surface area contributed by atoms with E-state index in [1.165, 1.54) is 12.8 Å². The van der Waals surface area contributed by atoms with Gasteiger partial charge in [0.2, 0.25) is 0 Å². The Morgan fingerprint density at radius 1 is 1.08 bits per heavy atom. The number of nitriles is 1. The van der Waals surface area contributed by atoms with E-state index >= 15 is 0 Å². The van der Waals surface area contributed by atoms with Crippen molar-refractivity contribution in [1.29, 1.82) is 5.26 Å². The van der Waals surface area contributed by atoms with Gasteiger partial charge in [0, 0.05) is 23.2 Å². The van der Waals surface area contributed by atoms with E-state index in [0.717, 1.165) is 53.6 Å². The molecule has 3 aliphatic rings. The van der Waals surface area contributed by atoms with Gasteiger partial charge in [-0.25, -0.2) is 4.79 Å². The predicted octanol–water partition coefficient (Wildman–Crippen LogP) is 6.39. The number of carbonyl (C=O) groups is 1. The zero-order valence-electron chi connectivity index (χ0n) is 21.7. The van der Waals surface area contributed by atoms with E-state index in [1.807, 2.05) is 49.4 Å². The van der Waals surface area contributed by atoms with E-state index in [-0.39, 0.29) is 12.2 Å². The summed E-state index contributed by atoms with van der Waals surface area (Å²) >= 11 is 0. The number of ether oxygens (including phenoxy) is 4. The summed E-state index contributed by atoms with van der Waals surface area (Å²) in [6.07, 6.45) is 6.10. The standard InChI is InChI=1S/C30H33N3O5/c1-19(20-4-2-5-20)37-30(34)32-22-10-8-21(9-11-22)29-27(15-31)26-13-12-24(38-25-16-35-18-36-17-25)14-28(26)33(29)23-6-3-7-23/h8-14,19-20,23,25H,2-7,16-18H2,1H3,(H,32,34). The van der Waals surface area contributed by atoms with Gasteiger partial charge in [-0.3, -0.25) is 5.32 Å². The molecule has 1 amide bonds. The maximum absolute atomic E-state index is 12.4. The molecule has 3 aromatic rings. The van der Waals surface area contributed by atoms with Crippen LogP contribution in [-0.4, -0.2) is 42.9 Å². The second-order valence-electron chi connectivity index (χ2n) is 10.6. The van der Waals surface area contributed by atoms with Crippen molar-refractivity contribution in [3.63, 3.8) is 0 Å². The van der Waals surface area contributed by atoms with Crippen molar-refractivity contribution < 1.29 is 23.7 Å². The summed E-state index contributed by atoms with van der Waals surface area (Å²) in [7, 11) is 0. The zero-order chi connectivity index (χ0) is 26.1. The number of nitrogens with zero attached hydrogens (tertiary/aromatic N) is 2. The molecule has 2 heterocycles. The van der Waals surface area contributed by atoms with Crippen LogP contribution in [0.5, 0.6) is 5.75 Å². The molecule has 2 aromatic carbocycles. The Kier molecular flexibility index (Phi) is 6.96. The van der Waals surface area contributed by atoms with Crippen molar-refractivity contribution in [3.8, 4) is 23.1 Å². The highest BCUT2D eigenvalue weighted by atomic mass is 16.7. The molecule has 38 heavy (non-hydrogen) atoms. The summed E-state index contributed by atoms with van der Waals surface area (Å²) in [5.74, 6) is 1.20. The fraction of sp³-hybridized carbons (Fsp3) is 0.467. The third-order valence-corrected chi connectivity index (χ3v) is 8.12. The monoisotopic (exact) mass is 515 g/mol. The highest BCUT2D eigenvalue weighted by molar-refractivity contribution is 5.96. The quantitative estimate of drug-likeness (QED) is 0.392. The van der Waals surface area contributed by atoms with Crippen LogP contribution in [0.3, 0.4) is 0 Å². The molecule has 6 rings (SSSR count). The maximum atomic E-state index is 12.4. The molecule has 1 aromatic heterocycles. The van der Waals surface area contributed by atoms with Gasteiger partial charge in [0.1, 0.15) is 30.8 Å². The lowest BCUT2D eigenvalue weighted by atomic mass is 9.82. The Balaban J connectivity index is 1.28. The van der Waals surface area contributed by atoms with E-state index < -0.39 is 6.09 Å². The van der Waals surface area contributed by atoms with E-state index in [4.69, 9.17) is 18.9 Å².